The van der Waals surface area contributed by atoms with E-state index in [4.69, 9.17) is 25.5 Å². The van der Waals surface area contributed by atoms with Gasteiger partial charge in [-0.25, -0.2) is 9.59 Å². The second-order valence-electron chi connectivity index (χ2n) is 5.78. The lowest BCUT2D eigenvalue weighted by atomic mass is 10.1. The highest BCUT2D eigenvalue weighted by Gasteiger charge is 2.10. The second kappa shape index (κ2) is 7.62. The SMILES string of the molecule is CCc1cc(=O)oc2cc(OC(=O)COc3ccc(Cl)c(C)c3)ccc12. The summed E-state index contributed by atoms with van der Waals surface area (Å²) < 4.78 is 15.9. The summed E-state index contributed by atoms with van der Waals surface area (Å²) in [5.41, 5.74) is 1.69. The van der Waals surface area contributed by atoms with E-state index in [0.29, 0.717) is 22.8 Å². The summed E-state index contributed by atoms with van der Waals surface area (Å²) in [5, 5.41) is 1.45. The number of esters is 1. The first-order chi connectivity index (χ1) is 12.5. The molecule has 26 heavy (non-hydrogen) atoms. The molecule has 0 bridgehead atoms. The van der Waals surface area contributed by atoms with Crippen molar-refractivity contribution < 1.29 is 18.7 Å². The van der Waals surface area contributed by atoms with Crippen LogP contribution in [0.5, 0.6) is 11.5 Å². The molecule has 0 aliphatic rings. The number of hydrogen-bond donors (Lipinski definition) is 0. The lowest BCUT2D eigenvalue weighted by molar-refractivity contribution is -0.136. The smallest absolute Gasteiger partial charge is 0.349 e. The molecule has 0 fully saturated rings. The Balaban J connectivity index is 1.70. The Morgan fingerprint density at radius 2 is 1.88 bits per heavy atom. The van der Waals surface area contributed by atoms with Gasteiger partial charge in [0.25, 0.3) is 0 Å². The molecule has 0 amide bonds. The summed E-state index contributed by atoms with van der Waals surface area (Å²) >= 11 is 5.95. The van der Waals surface area contributed by atoms with Gasteiger partial charge in [-0.15, -0.1) is 0 Å². The molecule has 1 aromatic heterocycles. The number of rotatable bonds is 5. The third-order valence-electron chi connectivity index (χ3n) is 3.90. The number of carbonyl (C=O) groups excluding carboxylic acids is 1. The molecule has 0 saturated carbocycles. The minimum absolute atomic E-state index is 0.252. The maximum atomic E-state index is 12.0. The highest BCUT2D eigenvalue weighted by atomic mass is 35.5. The first-order valence-electron chi connectivity index (χ1n) is 8.12. The zero-order valence-electron chi connectivity index (χ0n) is 14.4. The topological polar surface area (TPSA) is 65.7 Å². The van der Waals surface area contributed by atoms with Crippen molar-refractivity contribution in [2.24, 2.45) is 0 Å². The molecule has 3 rings (SSSR count). The van der Waals surface area contributed by atoms with Crippen LogP contribution in [0.4, 0.5) is 0 Å². The van der Waals surface area contributed by atoms with E-state index < -0.39 is 11.6 Å². The van der Waals surface area contributed by atoms with E-state index in [1.807, 2.05) is 13.8 Å². The van der Waals surface area contributed by atoms with Gasteiger partial charge in [0.1, 0.15) is 17.1 Å². The van der Waals surface area contributed by atoms with Crippen molar-refractivity contribution in [1.29, 1.82) is 0 Å². The minimum Gasteiger partial charge on any atom is -0.482 e. The van der Waals surface area contributed by atoms with Gasteiger partial charge in [0.15, 0.2) is 6.61 Å². The average Bonchev–Trinajstić information content (AvgIpc) is 2.61. The number of carbonyl (C=O) groups is 1. The van der Waals surface area contributed by atoms with Crippen molar-refractivity contribution in [3.63, 3.8) is 0 Å². The summed E-state index contributed by atoms with van der Waals surface area (Å²) in [5.74, 6) is 0.252. The normalized spacial score (nSPS) is 10.7. The Morgan fingerprint density at radius 1 is 1.12 bits per heavy atom. The van der Waals surface area contributed by atoms with Crippen molar-refractivity contribution in [3.8, 4) is 11.5 Å². The highest BCUT2D eigenvalue weighted by Crippen LogP contribution is 2.24. The van der Waals surface area contributed by atoms with Gasteiger partial charge in [-0.05, 0) is 54.8 Å². The molecule has 0 aliphatic heterocycles. The molecule has 2 aromatic carbocycles. The molecule has 0 N–H and O–H groups in total. The van der Waals surface area contributed by atoms with Gasteiger partial charge in [-0.2, -0.15) is 0 Å². The quantitative estimate of drug-likeness (QED) is 0.379. The van der Waals surface area contributed by atoms with Crippen LogP contribution in [0.15, 0.2) is 51.7 Å². The maximum absolute atomic E-state index is 12.0. The van der Waals surface area contributed by atoms with E-state index in [-0.39, 0.29) is 12.4 Å². The van der Waals surface area contributed by atoms with Crippen LogP contribution in [-0.2, 0) is 11.2 Å². The molecule has 0 saturated heterocycles. The molecule has 0 spiro atoms. The lowest BCUT2D eigenvalue weighted by Crippen LogP contribution is -2.17. The number of halogens is 1. The van der Waals surface area contributed by atoms with Crippen molar-refractivity contribution in [2.75, 3.05) is 6.61 Å². The van der Waals surface area contributed by atoms with Crippen LogP contribution >= 0.6 is 11.6 Å². The van der Waals surface area contributed by atoms with E-state index in [2.05, 4.69) is 0 Å². The zero-order valence-corrected chi connectivity index (χ0v) is 15.1. The van der Waals surface area contributed by atoms with Crippen LogP contribution in [0.3, 0.4) is 0 Å². The fourth-order valence-corrected chi connectivity index (χ4v) is 2.69. The van der Waals surface area contributed by atoms with Gasteiger partial charge < -0.3 is 13.9 Å². The van der Waals surface area contributed by atoms with Gasteiger partial charge in [-0.3, -0.25) is 0 Å². The first kappa shape index (κ1) is 18.0. The summed E-state index contributed by atoms with van der Waals surface area (Å²) in [6.45, 7) is 3.55. The number of ether oxygens (including phenoxy) is 2. The molecule has 0 aliphatic carbocycles. The van der Waals surface area contributed by atoms with E-state index in [1.165, 1.54) is 12.1 Å². The summed E-state index contributed by atoms with van der Waals surface area (Å²) in [6.07, 6.45) is 0.704. The number of fused-ring (bicyclic) bond motifs is 1. The fourth-order valence-electron chi connectivity index (χ4n) is 2.58. The second-order valence-corrected chi connectivity index (χ2v) is 6.18. The van der Waals surface area contributed by atoms with Crippen molar-refractivity contribution in [2.45, 2.75) is 20.3 Å². The van der Waals surface area contributed by atoms with Gasteiger partial charge in [0, 0.05) is 22.5 Å². The fraction of sp³-hybridized carbons (Fsp3) is 0.200. The maximum Gasteiger partial charge on any atom is 0.349 e. The number of hydrogen-bond acceptors (Lipinski definition) is 5. The molecule has 0 atom stereocenters. The summed E-state index contributed by atoms with van der Waals surface area (Å²) in [6, 6.07) is 11.5. The molecule has 3 aromatic rings. The standard InChI is InChI=1S/C20H17ClO5/c1-3-13-9-19(22)26-18-10-15(4-6-16(13)18)25-20(23)11-24-14-5-7-17(21)12(2)8-14/h4-10H,3,11H2,1-2H3. The van der Waals surface area contributed by atoms with Crippen LogP contribution in [0.25, 0.3) is 11.0 Å². The van der Waals surface area contributed by atoms with Crippen molar-refractivity contribution in [1.82, 2.24) is 0 Å². The Morgan fingerprint density at radius 3 is 2.62 bits per heavy atom. The summed E-state index contributed by atoms with van der Waals surface area (Å²) in [4.78, 5) is 23.6. The van der Waals surface area contributed by atoms with Crippen molar-refractivity contribution >= 4 is 28.5 Å². The van der Waals surface area contributed by atoms with Crippen LogP contribution in [0.1, 0.15) is 18.1 Å². The predicted molar refractivity (Wildman–Crippen MR) is 99.2 cm³/mol. The van der Waals surface area contributed by atoms with Gasteiger partial charge in [-0.1, -0.05) is 18.5 Å². The molecule has 0 unspecified atom stereocenters. The van der Waals surface area contributed by atoms with E-state index >= 15 is 0 Å². The molecule has 0 radical (unpaired) electrons. The van der Waals surface area contributed by atoms with E-state index in [9.17, 15) is 9.59 Å². The zero-order chi connectivity index (χ0) is 18.7. The molecular formula is C20H17ClO5. The van der Waals surface area contributed by atoms with Gasteiger partial charge in [0.05, 0.1) is 0 Å². The molecule has 6 heteroatoms. The predicted octanol–water partition coefficient (Wildman–Crippen LogP) is 4.30. The molecule has 134 valence electrons. The van der Waals surface area contributed by atoms with Crippen LogP contribution in [0, 0.1) is 6.92 Å². The monoisotopic (exact) mass is 372 g/mol. The van der Waals surface area contributed by atoms with E-state index in [0.717, 1.165) is 16.5 Å². The highest BCUT2D eigenvalue weighted by molar-refractivity contribution is 6.31. The summed E-state index contributed by atoms with van der Waals surface area (Å²) in [7, 11) is 0. The Hall–Kier alpha value is -2.79. The van der Waals surface area contributed by atoms with Crippen molar-refractivity contribution in [3.05, 3.63) is 69.0 Å². The first-order valence-corrected chi connectivity index (χ1v) is 8.50. The van der Waals surface area contributed by atoms with Crippen LogP contribution in [-0.4, -0.2) is 12.6 Å². The molecular weight excluding hydrogens is 356 g/mol. The lowest BCUT2D eigenvalue weighted by Gasteiger charge is -2.09. The Labute approximate surface area is 155 Å². The number of benzene rings is 2. The van der Waals surface area contributed by atoms with Gasteiger partial charge >= 0.3 is 11.6 Å². The Bertz CT molecular complexity index is 1020. The van der Waals surface area contributed by atoms with Crippen LogP contribution < -0.4 is 15.1 Å². The Kier molecular flexibility index (Phi) is 5.28. The van der Waals surface area contributed by atoms with Crippen LogP contribution in [0.2, 0.25) is 5.02 Å². The number of aryl methyl sites for hydroxylation is 2. The third kappa shape index (κ3) is 4.06. The molecule has 5 nitrogen and oxygen atoms in total. The average molecular weight is 373 g/mol. The molecule has 1 heterocycles. The minimum atomic E-state index is -0.564. The third-order valence-corrected chi connectivity index (χ3v) is 4.32. The van der Waals surface area contributed by atoms with Gasteiger partial charge in [0.2, 0.25) is 0 Å². The van der Waals surface area contributed by atoms with E-state index in [1.54, 1.807) is 30.3 Å². The largest absolute Gasteiger partial charge is 0.482 e.